The summed E-state index contributed by atoms with van der Waals surface area (Å²) in [7, 11) is 3.97. The molecule has 3 aromatic rings. The fourth-order valence-corrected chi connectivity index (χ4v) is 3.37. The first-order valence-corrected chi connectivity index (χ1v) is 10.8. The second-order valence-electron chi connectivity index (χ2n) is 8.03. The number of hydrogen-bond acceptors (Lipinski definition) is 3. The summed E-state index contributed by atoms with van der Waals surface area (Å²) in [5.41, 5.74) is 5.11. The van der Waals surface area contributed by atoms with Gasteiger partial charge in [-0.2, -0.15) is 5.10 Å². The molecule has 0 saturated carbocycles. The summed E-state index contributed by atoms with van der Waals surface area (Å²) < 4.78 is 1.94. The lowest BCUT2D eigenvalue weighted by Gasteiger charge is -2.23. The number of halogens is 1. The highest BCUT2D eigenvalue weighted by atomic mass is 127. The van der Waals surface area contributed by atoms with Crippen LogP contribution in [-0.4, -0.2) is 40.8 Å². The van der Waals surface area contributed by atoms with Crippen LogP contribution in [0.5, 0.6) is 0 Å². The Labute approximate surface area is 209 Å². The summed E-state index contributed by atoms with van der Waals surface area (Å²) in [6.45, 7) is 7.56. The predicted octanol–water partition coefficient (Wildman–Crippen LogP) is 4.25. The van der Waals surface area contributed by atoms with E-state index in [1.165, 1.54) is 22.3 Å². The van der Waals surface area contributed by atoms with Crippen molar-refractivity contribution < 1.29 is 0 Å². The van der Waals surface area contributed by atoms with Gasteiger partial charge in [0.15, 0.2) is 5.96 Å². The molecule has 1 aromatic heterocycles. The number of hydrogen-bond donors (Lipinski definition) is 2. The van der Waals surface area contributed by atoms with Crippen molar-refractivity contribution in [2.75, 3.05) is 14.1 Å². The lowest BCUT2D eigenvalue weighted by Crippen LogP contribution is -2.37. The highest BCUT2D eigenvalue weighted by Crippen LogP contribution is 2.13. The Kier molecular flexibility index (Phi) is 10.7. The number of guanidine groups is 1. The molecular weight excluding hydrogens is 511 g/mol. The molecule has 1 heterocycles. The van der Waals surface area contributed by atoms with Crippen molar-refractivity contribution in [2.24, 2.45) is 4.99 Å². The Bertz CT molecular complexity index is 968. The Morgan fingerprint density at radius 2 is 1.50 bits per heavy atom. The minimum atomic E-state index is 0. The van der Waals surface area contributed by atoms with Crippen LogP contribution in [0.4, 0.5) is 0 Å². The zero-order valence-electron chi connectivity index (χ0n) is 19.5. The summed E-state index contributed by atoms with van der Waals surface area (Å²) in [6, 6.07) is 19.5. The quantitative estimate of drug-likeness (QED) is 0.239. The summed E-state index contributed by atoms with van der Waals surface area (Å²) in [5, 5.41) is 11.2. The molecule has 0 amide bonds. The molecule has 6 nitrogen and oxygen atoms in total. The minimum Gasteiger partial charge on any atom is -0.352 e. The van der Waals surface area contributed by atoms with Gasteiger partial charge in [0.2, 0.25) is 0 Å². The third-order valence-corrected chi connectivity index (χ3v) is 5.55. The van der Waals surface area contributed by atoms with Gasteiger partial charge in [-0.25, -0.2) is 0 Å². The lowest BCUT2D eigenvalue weighted by molar-refractivity contribution is 0.265. The first-order valence-electron chi connectivity index (χ1n) is 10.8. The number of rotatable bonds is 9. The van der Waals surface area contributed by atoms with Crippen molar-refractivity contribution in [1.29, 1.82) is 0 Å². The predicted molar refractivity (Wildman–Crippen MR) is 143 cm³/mol. The molecule has 0 saturated heterocycles. The zero-order chi connectivity index (χ0) is 22.1. The van der Waals surface area contributed by atoms with Crippen LogP contribution >= 0.6 is 24.0 Å². The molecule has 0 aliphatic carbocycles. The van der Waals surface area contributed by atoms with Gasteiger partial charge in [-0.05, 0) is 49.2 Å². The maximum atomic E-state index is 4.41. The van der Waals surface area contributed by atoms with Gasteiger partial charge in [-0.15, -0.1) is 24.0 Å². The first kappa shape index (κ1) is 25.9. The third kappa shape index (κ3) is 7.63. The summed E-state index contributed by atoms with van der Waals surface area (Å²) in [4.78, 5) is 6.76. The molecule has 0 fully saturated rings. The summed E-state index contributed by atoms with van der Waals surface area (Å²) in [6.07, 6.45) is 3.79. The Morgan fingerprint density at radius 3 is 2.03 bits per heavy atom. The molecule has 0 aliphatic heterocycles. The smallest absolute Gasteiger partial charge is 0.191 e. The van der Waals surface area contributed by atoms with E-state index >= 15 is 0 Å². The van der Waals surface area contributed by atoms with E-state index in [0.717, 1.165) is 25.6 Å². The van der Waals surface area contributed by atoms with Gasteiger partial charge >= 0.3 is 0 Å². The van der Waals surface area contributed by atoms with Crippen LogP contribution in [0.15, 0.2) is 72.0 Å². The van der Waals surface area contributed by atoms with Crippen molar-refractivity contribution in [3.63, 3.8) is 0 Å². The van der Waals surface area contributed by atoms with E-state index in [1.54, 1.807) is 0 Å². The molecule has 0 spiro atoms. The third-order valence-electron chi connectivity index (χ3n) is 5.55. The molecule has 2 N–H and O–H groups in total. The van der Waals surface area contributed by atoms with Crippen LogP contribution in [0, 0.1) is 0 Å². The SMILES string of the molecule is CN=C(NCc1ccccc1CN(C)C(C)C)NCc1ccccc1Cn1cccn1.I. The average Bonchev–Trinajstić information content (AvgIpc) is 3.29. The normalized spacial score (nSPS) is 11.5. The maximum Gasteiger partial charge on any atom is 0.191 e. The Hall–Kier alpha value is -2.39. The van der Waals surface area contributed by atoms with E-state index in [9.17, 15) is 0 Å². The molecule has 0 atom stereocenters. The molecular formula is C25H35IN6. The van der Waals surface area contributed by atoms with E-state index in [2.05, 4.69) is 95.1 Å². The Balaban J connectivity index is 0.00000363. The zero-order valence-corrected chi connectivity index (χ0v) is 21.8. The highest BCUT2D eigenvalue weighted by molar-refractivity contribution is 14.0. The van der Waals surface area contributed by atoms with Gasteiger partial charge in [-0.1, -0.05) is 48.5 Å². The number of aliphatic imine (C=N–C) groups is 1. The number of aromatic nitrogens is 2. The minimum absolute atomic E-state index is 0. The maximum absolute atomic E-state index is 4.41. The van der Waals surface area contributed by atoms with Crippen molar-refractivity contribution in [2.45, 2.75) is 46.1 Å². The van der Waals surface area contributed by atoms with Crippen LogP contribution in [0.2, 0.25) is 0 Å². The van der Waals surface area contributed by atoms with E-state index < -0.39 is 0 Å². The summed E-state index contributed by atoms with van der Waals surface area (Å²) >= 11 is 0. The van der Waals surface area contributed by atoms with Crippen LogP contribution in [0.1, 0.15) is 36.1 Å². The molecule has 0 bridgehead atoms. The number of nitrogens with one attached hydrogen (secondary N) is 2. The van der Waals surface area contributed by atoms with E-state index in [1.807, 2.05) is 30.2 Å². The second kappa shape index (κ2) is 13.2. The average molecular weight is 547 g/mol. The van der Waals surface area contributed by atoms with Gasteiger partial charge < -0.3 is 10.6 Å². The van der Waals surface area contributed by atoms with Gasteiger partial charge in [0.25, 0.3) is 0 Å². The molecule has 3 rings (SSSR count). The topological polar surface area (TPSA) is 57.5 Å². The molecule has 0 aliphatic rings. The van der Waals surface area contributed by atoms with Gasteiger partial charge in [0, 0.05) is 45.1 Å². The molecule has 172 valence electrons. The van der Waals surface area contributed by atoms with Crippen LogP contribution in [0.25, 0.3) is 0 Å². The largest absolute Gasteiger partial charge is 0.352 e. The fourth-order valence-electron chi connectivity index (χ4n) is 3.37. The molecule has 7 heteroatoms. The van der Waals surface area contributed by atoms with E-state index in [0.29, 0.717) is 12.6 Å². The van der Waals surface area contributed by atoms with Crippen LogP contribution < -0.4 is 10.6 Å². The van der Waals surface area contributed by atoms with E-state index in [-0.39, 0.29) is 24.0 Å². The monoisotopic (exact) mass is 546 g/mol. The van der Waals surface area contributed by atoms with Crippen molar-refractivity contribution in [3.05, 3.63) is 89.2 Å². The van der Waals surface area contributed by atoms with Crippen LogP contribution in [-0.2, 0) is 26.2 Å². The first-order chi connectivity index (χ1) is 15.1. The van der Waals surface area contributed by atoms with Gasteiger partial charge in [-0.3, -0.25) is 14.6 Å². The molecule has 0 unspecified atom stereocenters. The fraction of sp³-hybridized carbons (Fsp3) is 0.360. The number of nitrogens with zero attached hydrogens (tertiary/aromatic N) is 4. The summed E-state index contributed by atoms with van der Waals surface area (Å²) in [5.74, 6) is 0.793. The van der Waals surface area contributed by atoms with Gasteiger partial charge in [0.05, 0.1) is 6.54 Å². The second-order valence-corrected chi connectivity index (χ2v) is 8.03. The molecule has 32 heavy (non-hydrogen) atoms. The standard InChI is InChI=1S/C25H34N6.HI/c1-20(2)30(4)18-23-12-7-5-10-21(23)16-27-25(26-3)28-17-22-11-6-8-13-24(22)19-31-15-9-14-29-31;/h5-15,20H,16-19H2,1-4H3,(H2,26,27,28);1H. The van der Waals surface area contributed by atoms with Crippen LogP contribution in [0.3, 0.4) is 0 Å². The molecule has 2 aromatic carbocycles. The van der Waals surface area contributed by atoms with Crippen molar-refractivity contribution in [3.8, 4) is 0 Å². The highest BCUT2D eigenvalue weighted by Gasteiger charge is 2.09. The number of benzene rings is 2. The lowest BCUT2D eigenvalue weighted by atomic mass is 10.1. The Morgan fingerprint density at radius 1 is 0.938 bits per heavy atom. The van der Waals surface area contributed by atoms with Gasteiger partial charge in [0.1, 0.15) is 0 Å². The van der Waals surface area contributed by atoms with Crippen molar-refractivity contribution >= 4 is 29.9 Å². The van der Waals surface area contributed by atoms with E-state index in [4.69, 9.17) is 0 Å². The molecule has 0 radical (unpaired) electrons. The van der Waals surface area contributed by atoms with Crippen molar-refractivity contribution in [1.82, 2.24) is 25.3 Å².